The lowest BCUT2D eigenvalue weighted by Gasteiger charge is -2.08. The largest absolute Gasteiger partial charge is 0.522 e. The van der Waals surface area contributed by atoms with Crippen molar-refractivity contribution < 1.29 is 27.4 Å². The van der Waals surface area contributed by atoms with Crippen molar-refractivity contribution in [3.63, 3.8) is 0 Å². The van der Waals surface area contributed by atoms with Gasteiger partial charge < -0.3 is 4.74 Å². The molecule has 33 heavy (non-hydrogen) atoms. The summed E-state index contributed by atoms with van der Waals surface area (Å²) in [6.07, 6.45) is -2.56. The van der Waals surface area contributed by atoms with Crippen molar-refractivity contribution in [2.75, 3.05) is 13.2 Å². The summed E-state index contributed by atoms with van der Waals surface area (Å²) < 4.78 is 47.1. The van der Waals surface area contributed by atoms with Gasteiger partial charge in [0.25, 0.3) is 0 Å². The lowest BCUT2D eigenvalue weighted by atomic mass is 10.0. The van der Waals surface area contributed by atoms with Gasteiger partial charge in [0.2, 0.25) is 0 Å². The Morgan fingerprint density at radius 1 is 0.909 bits per heavy atom. The zero-order valence-electron chi connectivity index (χ0n) is 17.7. The number of hydrogen-bond donors (Lipinski definition) is 0. The number of esters is 1. The van der Waals surface area contributed by atoms with Crippen molar-refractivity contribution in [3.05, 3.63) is 78.0 Å². The number of rotatable bonds is 7. The number of halogens is 3. The summed E-state index contributed by atoms with van der Waals surface area (Å²) in [6, 6.07) is 17.9. The van der Waals surface area contributed by atoms with Crippen LogP contribution < -0.4 is 0 Å². The number of carbonyl (C=O) groups excluding carboxylic acids is 1. The molecule has 0 aliphatic rings. The monoisotopic (exact) mass is 455 g/mol. The quantitative estimate of drug-likeness (QED) is 0.353. The first kappa shape index (κ1) is 22.5. The second kappa shape index (κ2) is 9.41. The molecule has 2 heterocycles. The lowest BCUT2D eigenvalue weighted by Crippen LogP contribution is -2.15. The van der Waals surface area contributed by atoms with E-state index in [0.717, 1.165) is 22.3 Å². The van der Waals surface area contributed by atoms with Crippen molar-refractivity contribution in [1.29, 1.82) is 0 Å². The normalized spacial score (nSPS) is 11.6. The molecule has 2 aromatic heterocycles. The lowest BCUT2D eigenvalue weighted by molar-refractivity contribution is -0.324. The number of benzene rings is 2. The first-order valence-electron chi connectivity index (χ1n) is 10.3. The average Bonchev–Trinajstić information content (AvgIpc) is 3.22. The summed E-state index contributed by atoms with van der Waals surface area (Å²) in [7, 11) is 0. The predicted octanol–water partition coefficient (Wildman–Crippen LogP) is 5.32. The number of alkyl halides is 3. The van der Waals surface area contributed by atoms with E-state index < -0.39 is 13.0 Å². The van der Waals surface area contributed by atoms with E-state index in [1.807, 2.05) is 34.9 Å². The molecule has 6 nitrogen and oxygen atoms in total. The van der Waals surface area contributed by atoms with Gasteiger partial charge in [0.1, 0.15) is 0 Å². The third-order valence-corrected chi connectivity index (χ3v) is 5.00. The van der Waals surface area contributed by atoms with Gasteiger partial charge in [-0.25, -0.2) is 4.79 Å². The van der Waals surface area contributed by atoms with E-state index >= 15 is 0 Å². The molecule has 0 amide bonds. The maximum atomic E-state index is 12.1. The molecule has 0 aliphatic heterocycles. The number of ether oxygens (including phenoxy) is 2. The van der Waals surface area contributed by atoms with E-state index in [1.54, 1.807) is 43.3 Å². The van der Waals surface area contributed by atoms with Gasteiger partial charge in [0, 0.05) is 11.8 Å². The predicted molar refractivity (Wildman–Crippen MR) is 116 cm³/mol. The molecule has 0 atom stereocenters. The zero-order chi connectivity index (χ0) is 23.4. The van der Waals surface area contributed by atoms with Crippen LogP contribution in [0.5, 0.6) is 0 Å². The fourth-order valence-electron chi connectivity index (χ4n) is 3.38. The Kier molecular flexibility index (Phi) is 6.41. The molecule has 0 aliphatic carbocycles. The maximum Gasteiger partial charge on any atom is 0.522 e. The summed E-state index contributed by atoms with van der Waals surface area (Å²) >= 11 is 0. The highest BCUT2D eigenvalue weighted by atomic mass is 19.4. The first-order chi connectivity index (χ1) is 15.8. The zero-order valence-corrected chi connectivity index (χ0v) is 17.7. The number of nitrogens with zero attached hydrogens (tertiary/aromatic N) is 3. The Morgan fingerprint density at radius 2 is 1.58 bits per heavy atom. The third kappa shape index (κ3) is 5.38. The van der Waals surface area contributed by atoms with Crippen molar-refractivity contribution >= 4 is 11.6 Å². The molecule has 9 heteroatoms. The Balaban J connectivity index is 1.55. The standard InChI is InChI=1S/C24H20F3N3O3/c1-2-32-23(31)19-9-7-18(8-10-19)22-29-28-21-12-11-20(15-30(21)22)17-5-3-16(4-6-17)13-14-33-24(25,26)27/h3-12,15H,2,13-14H2,1H3. The van der Waals surface area contributed by atoms with Crippen LogP contribution in [-0.4, -0.2) is 40.1 Å². The van der Waals surface area contributed by atoms with Gasteiger partial charge in [0.15, 0.2) is 11.5 Å². The summed E-state index contributed by atoms with van der Waals surface area (Å²) in [5, 5.41) is 8.47. The van der Waals surface area contributed by atoms with Gasteiger partial charge in [-0.05, 0) is 54.3 Å². The molecule has 0 saturated heterocycles. The second-order valence-electron chi connectivity index (χ2n) is 7.21. The minimum absolute atomic E-state index is 0.163. The smallest absolute Gasteiger partial charge is 0.462 e. The van der Waals surface area contributed by atoms with E-state index in [4.69, 9.17) is 4.74 Å². The molecular weight excluding hydrogens is 435 g/mol. The minimum atomic E-state index is -4.62. The van der Waals surface area contributed by atoms with Crippen molar-refractivity contribution in [2.24, 2.45) is 0 Å². The number of pyridine rings is 1. The van der Waals surface area contributed by atoms with Crippen LogP contribution in [0, 0.1) is 0 Å². The van der Waals surface area contributed by atoms with Crippen molar-refractivity contribution in [3.8, 4) is 22.5 Å². The van der Waals surface area contributed by atoms with E-state index in [9.17, 15) is 18.0 Å². The Labute approximate surface area is 187 Å². The Morgan fingerprint density at radius 3 is 2.24 bits per heavy atom. The second-order valence-corrected chi connectivity index (χ2v) is 7.21. The summed E-state index contributed by atoms with van der Waals surface area (Å²) in [5.41, 5.74) is 4.43. The van der Waals surface area contributed by atoms with Gasteiger partial charge in [-0.15, -0.1) is 23.4 Å². The summed E-state index contributed by atoms with van der Waals surface area (Å²) in [4.78, 5) is 11.9. The number of fused-ring (bicyclic) bond motifs is 1. The molecule has 0 bridgehead atoms. The molecule has 2 aromatic carbocycles. The van der Waals surface area contributed by atoms with Gasteiger partial charge >= 0.3 is 12.3 Å². The van der Waals surface area contributed by atoms with Crippen molar-refractivity contribution in [1.82, 2.24) is 14.6 Å². The molecule has 0 fully saturated rings. The first-order valence-corrected chi connectivity index (χ1v) is 10.3. The van der Waals surface area contributed by atoms with Crippen LogP contribution in [0.2, 0.25) is 0 Å². The number of aromatic nitrogens is 3. The summed E-state index contributed by atoms with van der Waals surface area (Å²) in [6.45, 7) is 1.64. The van der Waals surface area contributed by atoms with E-state index in [-0.39, 0.29) is 12.4 Å². The van der Waals surface area contributed by atoms with Crippen LogP contribution in [0.25, 0.3) is 28.2 Å². The van der Waals surface area contributed by atoms with E-state index in [0.29, 0.717) is 23.6 Å². The van der Waals surface area contributed by atoms with E-state index in [2.05, 4.69) is 14.9 Å². The molecule has 0 unspecified atom stereocenters. The highest BCUT2D eigenvalue weighted by Gasteiger charge is 2.28. The molecular formula is C24H20F3N3O3. The fraction of sp³-hybridized carbons (Fsp3) is 0.208. The molecule has 0 spiro atoms. The Bertz CT molecular complexity index is 1250. The van der Waals surface area contributed by atoms with Crippen LogP contribution in [-0.2, 0) is 15.9 Å². The van der Waals surface area contributed by atoms with Crippen LogP contribution in [0.1, 0.15) is 22.8 Å². The summed E-state index contributed by atoms with van der Waals surface area (Å²) in [5.74, 6) is 0.231. The number of carbonyl (C=O) groups is 1. The van der Waals surface area contributed by atoms with Crippen LogP contribution in [0.4, 0.5) is 13.2 Å². The van der Waals surface area contributed by atoms with Gasteiger partial charge in [-0.1, -0.05) is 36.4 Å². The molecule has 0 saturated carbocycles. The fourth-order valence-corrected chi connectivity index (χ4v) is 3.38. The van der Waals surface area contributed by atoms with Gasteiger partial charge in [-0.2, -0.15) is 0 Å². The highest BCUT2D eigenvalue weighted by Crippen LogP contribution is 2.25. The highest BCUT2D eigenvalue weighted by molar-refractivity contribution is 5.90. The van der Waals surface area contributed by atoms with E-state index in [1.165, 1.54) is 0 Å². The molecule has 0 radical (unpaired) electrons. The van der Waals surface area contributed by atoms with Crippen LogP contribution >= 0.6 is 0 Å². The van der Waals surface area contributed by atoms with Crippen LogP contribution in [0.3, 0.4) is 0 Å². The van der Waals surface area contributed by atoms with Crippen LogP contribution in [0.15, 0.2) is 66.9 Å². The molecule has 0 N–H and O–H groups in total. The van der Waals surface area contributed by atoms with Crippen molar-refractivity contribution in [2.45, 2.75) is 19.7 Å². The average molecular weight is 455 g/mol. The number of hydrogen-bond acceptors (Lipinski definition) is 5. The topological polar surface area (TPSA) is 65.7 Å². The SMILES string of the molecule is CCOC(=O)c1ccc(-c2nnc3ccc(-c4ccc(CCOC(F)(F)F)cc4)cn23)cc1. The Hall–Kier alpha value is -3.72. The maximum absolute atomic E-state index is 12.1. The third-order valence-electron chi connectivity index (χ3n) is 5.00. The molecule has 170 valence electrons. The van der Waals surface area contributed by atoms with Gasteiger partial charge in [-0.3, -0.25) is 9.14 Å². The van der Waals surface area contributed by atoms with Gasteiger partial charge in [0.05, 0.1) is 18.8 Å². The minimum Gasteiger partial charge on any atom is -0.462 e. The molecule has 4 rings (SSSR count). The molecule has 4 aromatic rings.